The van der Waals surface area contributed by atoms with Gasteiger partial charge >= 0.3 is 0 Å². The van der Waals surface area contributed by atoms with Crippen LogP contribution in [-0.4, -0.2) is 5.16 Å². The van der Waals surface area contributed by atoms with E-state index < -0.39 is 0 Å². The Morgan fingerprint density at radius 2 is 1.89 bits per heavy atom. The maximum Gasteiger partial charge on any atom is 0.127 e. The SMILES string of the molecule is Cc1conc1C1CC(C)C1.Nc1ccccc1. The molecule has 2 aromatic rings. The molecule has 3 rings (SSSR count). The zero-order valence-corrected chi connectivity index (χ0v) is 11.0. The minimum absolute atomic E-state index is 0.684. The third-order valence-corrected chi connectivity index (χ3v) is 3.34. The van der Waals surface area contributed by atoms with Crippen LogP contribution in [0.2, 0.25) is 0 Å². The van der Waals surface area contributed by atoms with Crippen molar-refractivity contribution >= 4 is 5.69 Å². The third-order valence-electron chi connectivity index (χ3n) is 3.34. The fourth-order valence-corrected chi connectivity index (χ4v) is 2.27. The number of rotatable bonds is 1. The molecule has 0 saturated heterocycles. The molecule has 18 heavy (non-hydrogen) atoms. The van der Waals surface area contributed by atoms with E-state index in [1.165, 1.54) is 24.1 Å². The minimum atomic E-state index is 0.684. The lowest BCUT2D eigenvalue weighted by Gasteiger charge is -2.31. The van der Waals surface area contributed by atoms with Gasteiger partial charge in [-0.1, -0.05) is 30.3 Å². The van der Waals surface area contributed by atoms with Gasteiger partial charge in [0, 0.05) is 17.2 Å². The standard InChI is InChI=1S/C9H13NO.C6H7N/c1-6-3-8(4-6)9-7(2)5-11-10-9;7-6-4-2-1-3-5-6/h5-6,8H,3-4H2,1-2H3;1-5H,7H2. The van der Waals surface area contributed by atoms with Crippen LogP contribution in [0.4, 0.5) is 5.69 Å². The fourth-order valence-electron chi connectivity index (χ4n) is 2.27. The summed E-state index contributed by atoms with van der Waals surface area (Å²) in [7, 11) is 0. The maximum atomic E-state index is 5.36. The molecule has 1 aliphatic carbocycles. The highest BCUT2D eigenvalue weighted by Gasteiger charge is 2.29. The van der Waals surface area contributed by atoms with E-state index in [4.69, 9.17) is 10.3 Å². The summed E-state index contributed by atoms with van der Waals surface area (Å²) < 4.78 is 4.89. The summed E-state index contributed by atoms with van der Waals surface area (Å²) in [6.07, 6.45) is 4.30. The Morgan fingerprint density at radius 3 is 2.28 bits per heavy atom. The van der Waals surface area contributed by atoms with Crippen LogP contribution in [0.5, 0.6) is 0 Å². The van der Waals surface area contributed by atoms with Crippen molar-refractivity contribution < 1.29 is 4.52 Å². The lowest BCUT2D eigenvalue weighted by atomic mass is 9.74. The number of para-hydroxylation sites is 1. The van der Waals surface area contributed by atoms with E-state index in [0.717, 1.165) is 11.6 Å². The smallest absolute Gasteiger partial charge is 0.127 e. The van der Waals surface area contributed by atoms with E-state index in [2.05, 4.69) is 19.0 Å². The molecule has 3 heteroatoms. The van der Waals surface area contributed by atoms with Gasteiger partial charge in [0.25, 0.3) is 0 Å². The molecule has 1 aliphatic rings. The first-order chi connectivity index (χ1) is 8.66. The molecular weight excluding hydrogens is 224 g/mol. The monoisotopic (exact) mass is 244 g/mol. The van der Waals surface area contributed by atoms with Crippen molar-refractivity contribution in [3.05, 3.63) is 47.9 Å². The van der Waals surface area contributed by atoms with Gasteiger partial charge in [0.1, 0.15) is 6.26 Å². The average molecular weight is 244 g/mol. The molecule has 1 heterocycles. The van der Waals surface area contributed by atoms with Gasteiger partial charge in [-0.05, 0) is 37.8 Å². The van der Waals surface area contributed by atoms with Gasteiger partial charge in [0.15, 0.2) is 0 Å². The summed E-state index contributed by atoms with van der Waals surface area (Å²) in [5.74, 6) is 1.57. The minimum Gasteiger partial charge on any atom is -0.399 e. The Labute approximate surface area is 108 Å². The molecule has 96 valence electrons. The second kappa shape index (κ2) is 5.71. The second-order valence-electron chi connectivity index (χ2n) is 5.07. The first-order valence-electron chi connectivity index (χ1n) is 6.38. The Hall–Kier alpha value is -1.77. The topological polar surface area (TPSA) is 52.0 Å². The quantitative estimate of drug-likeness (QED) is 0.777. The lowest BCUT2D eigenvalue weighted by Crippen LogP contribution is -2.19. The van der Waals surface area contributed by atoms with Crippen LogP contribution < -0.4 is 5.73 Å². The van der Waals surface area contributed by atoms with E-state index in [1.807, 2.05) is 30.3 Å². The van der Waals surface area contributed by atoms with Gasteiger partial charge < -0.3 is 10.3 Å². The summed E-state index contributed by atoms with van der Waals surface area (Å²) in [4.78, 5) is 0. The molecule has 0 atom stereocenters. The number of nitrogens with zero attached hydrogens (tertiary/aromatic N) is 1. The van der Waals surface area contributed by atoms with Crippen molar-refractivity contribution in [1.82, 2.24) is 5.16 Å². The lowest BCUT2D eigenvalue weighted by molar-refractivity contribution is 0.272. The van der Waals surface area contributed by atoms with Crippen LogP contribution >= 0.6 is 0 Å². The summed E-state index contributed by atoms with van der Waals surface area (Å²) in [5, 5.41) is 4.00. The summed E-state index contributed by atoms with van der Waals surface area (Å²) >= 11 is 0. The van der Waals surface area contributed by atoms with E-state index in [1.54, 1.807) is 6.26 Å². The van der Waals surface area contributed by atoms with Crippen molar-refractivity contribution in [2.75, 3.05) is 5.73 Å². The molecule has 0 unspecified atom stereocenters. The summed E-state index contributed by atoms with van der Waals surface area (Å²) in [6.45, 7) is 4.35. The summed E-state index contributed by atoms with van der Waals surface area (Å²) in [6, 6.07) is 9.49. The molecule has 1 aromatic heterocycles. The van der Waals surface area contributed by atoms with Gasteiger partial charge in [-0.2, -0.15) is 0 Å². The zero-order chi connectivity index (χ0) is 13.0. The van der Waals surface area contributed by atoms with Crippen molar-refractivity contribution in [2.24, 2.45) is 5.92 Å². The van der Waals surface area contributed by atoms with Crippen molar-refractivity contribution in [1.29, 1.82) is 0 Å². The number of hydrogen-bond donors (Lipinski definition) is 1. The molecule has 0 bridgehead atoms. The Kier molecular flexibility index (Phi) is 4.03. The van der Waals surface area contributed by atoms with Crippen LogP contribution in [0.15, 0.2) is 41.1 Å². The Bertz CT molecular complexity index is 472. The van der Waals surface area contributed by atoms with Gasteiger partial charge in [-0.3, -0.25) is 0 Å². The molecular formula is C15H20N2O. The predicted molar refractivity (Wildman–Crippen MR) is 73.2 cm³/mol. The Morgan fingerprint density at radius 1 is 1.22 bits per heavy atom. The highest BCUT2D eigenvalue weighted by Crippen LogP contribution is 2.41. The van der Waals surface area contributed by atoms with Gasteiger partial charge in [-0.25, -0.2) is 0 Å². The fraction of sp³-hybridized carbons (Fsp3) is 0.400. The number of benzene rings is 1. The van der Waals surface area contributed by atoms with Gasteiger partial charge in [0.2, 0.25) is 0 Å². The number of aryl methyl sites for hydroxylation is 1. The molecule has 2 N–H and O–H groups in total. The van der Waals surface area contributed by atoms with Crippen molar-refractivity contribution in [3.8, 4) is 0 Å². The van der Waals surface area contributed by atoms with Crippen LogP contribution in [0.25, 0.3) is 0 Å². The molecule has 0 spiro atoms. The average Bonchev–Trinajstić information content (AvgIpc) is 2.73. The summed E-state index contributed by atoms with van der Waals surface area (Å²) in [5.41, 5.74) is 8.57. The van der Waals surface area contributed by atoms with Crippen LogP contribution in [0.1, 0.15) is 36.9 Å². The number of anilines is 1. The first-order valence-corrected chi connectivity index (χ1v) is 6.38. The molecule has 1 saturated carbocycles. The predicted octanol–water partition coefficient (Wildman–Crippen LogP) is 3.77. The zero-order valence-electron chi connectivity index (χ0n) is 11.0. The highest BCUT2D eigenvalue weighted by molar-refractivity contribution is 5.35. The Balaban J connectivity index is 0.000000149. The van der Waals surface area contributed by atoms with E-state index in [-0.39, 0.29) is 0 Å². The van der Waals surface area contributed by atoms with Gasteiger partial charge in [-0.15, -0.1) is 0 Å². The normalized spacial score (nSPS) is 21.7. The first kappa shape index (κ1) is 12.7. The molecule has 1 fully saturated rings. The molecule has 0 amide bonds. The second-order valence-corrected chi connectivity index (χ2v) is 5.07. The van der Waals surface area contributed by atoms with Crippen molar-refractivity contribution in [2.45, 2.75) is 32.6 Å². The maximum absolute atomic E-state index is 5.36. The number of aromatic nitrogens is 1. The van der Waals surface area contributed by atoms with Crippen LogP contribution in [0, 0.1) is 12.8 Å². The van der Waals surface area contributed by atoms with E-state index in [0.29, 0.717) is 5.92 Å². The molecule has 0 radical (unpaired) electrons. The third kappa shape index (κ3) is 3.13. The van der Waals surface area contributed by atoms with Gasteiger partial charge in [0.05, 0.1) is 5.69 Å². The number of hydrogen-bond acceptors (Lipinski definition) is 3. The largest absolute Gasteiger partial charge is 0.399 e. The van der Waals surface area contributed by atoms with Crippen LogP contribution in [0.3, 0.4) is 0 Å². The highest BCUT2D eigenvalue weighted by atomic mass is 16.5. The molecule has 0 aliphatic heterocycles. The molecule has 1 aromatic carbocycles. The van der Waals surface area contributed by atoms with Crippen LogP contribution in [-0.2, 0) is 0 Å². The number of nitrogens with two attached hydrogens (primary N) is 1. The molecule has 3 nitrogen and oxygen atoms in total. The van der Waals surface area contributed by atoms with E-state index >= 15 is 0 Å². The van der Waals surface area contributed by atoms with E-state index in [9.17, 15) is 0 Å². The van der Waals surface area contributed by atoms with Crippen molar-refractivity contribution in [3.63, 3.8) is 0 Å². The number of nitrogen functional groups attached to an aromatic ring is 1.